The van der Waals surface area contributed by atoms with Gasteiger partial charge in [0.15, 0.2) is 0 Å². The van der Waals surface area contributed by atoms with Crippen LogP contribution in [0.3, 0.4) is 0 Å². The average Bonchev–Trinajstić information content (AvgIpc) is 2.73. The van der Waals surface area contributed by atoms with Gasteiger partial charge in [0.1, 0.15) is 0 Å². The van der Waals surface area contributed by atoms with Crippen LogP contribution in [0.4, 0.5) is 0 Å². The normalized spacial score (nSPS) is 47.0. The van der Waals surface area contributed by atoms with Crippen molar-refractivity contribution >= 4 is 0 Å². The van der Waals surface area contributed by atoms with E-state index in [0.717, 1.165) is 19.3 Å². The number of aliphatic hydroxyl groups is 3. The van der Waals surface area contributed by atoms with Crippen molar-refractivity contribution < 1.29 is 15.3 Å². The van der Waals surface area contributed by atoms with E-state index in [2.05, 4.69) is 26.0 Å². The third-order valence-electron chi connectivity index (χ3n) is 5.92. The zero-order valence-electron chi connectivity index (χ0n) is 15.3. The van der Waals surface area contributed by atoms with E-state index in [1.165, 1.54) is 0 Å². The Hall–Kier alpha value is -0.640. The number of rotatable bonds is 1. The van der Waals surface area contributed by atoms with E-state index in [1.54, 1.807) is 6.92 Å². The Morgan fingerprint density at radius 3 is 2.43 bits per heavy atom. The van der Waals surface area contributed by atoms with Crippen LogP contribution in [0.5, 0.6) is 0 Å². The molecule has 0 spiro atoms. The quantitative estimate of drug-likeness (QED) is 0.648. The molecule has 3 N–H and O–H groups in total. The zero-order valence-corrected chi connectivity index (χ0v) is 15.3. The largest absolute Gasteiger partial charge is 0.393 e. The maximum atomic E-state index is 11.0. The Labute approximate surface area is 141 Å². The first-order valence-corrected chi connectivity index (χ1v) is 8.94. The van der Waals surface area contributed by atoms with Crippen LogP contribution in [0.1, 0.15) is 60.3 Å². The molecule has 0 aliphatic heterocycles. The molecule has 0 bridgehead atoms. The second-order valence-corrected chi connectivity index (χ2v) is 8.93. The predicted molar refractivity (Wildman–Crippen MR) is 93.9 cm³/mol. The van der Waals surface area contributed by atoms with Crippen molar-refractivity contribution in [2.24, 2.45) is 23.2 Å². The first-order chi connectivity index (χ1) is 10.4. The van der Waals surface area contributed by atoms with E-state index in [-0.39, 0.29) is 17.3 Å². The molecule has 0 saturated heterocycles. The van der Waals surface area contributed by atoms with Crippen LogP contribution in [-0.4, -0.2) is 32.6 Å². The summed E-state index contributed by atoms with van der Waals surface area (Å²) < 4.78 is 0. The van der Waals surface area contributed by atoms with Crippen molar-refractivity contribution in [3.8, 4) is 0 Å². The highest BCUT2D eigenvalue weighted by molar-refractivity contribution is 5.14. The summed E-state index contributed by atoms with van der Waals surface area (Å²) in [5, 5.41) is 32.2. The van der Waals surface area contributed by atoms with Crippen LogP contribution < -0.4 is 0 Å². The van der Waals surface area contributed by atoms with Crippen molar-refractivity contribution in [1.29, 1.82) is 0 Å². The minimum atomic E-state index is -1.02. The smallest absolute Gasteiger partial charge is 0.0824 e. The van der Waals surface area contributed by atoms with E-state index < -0.39 is 17.3 Å². The second-order valence-electron chi connectivity index (χ2n) is 8.93. The Morgan fingerprint density at radius 1 is 1.17 bits per heavy atom. The molecule has 132 valence electrons. The number of allylic oxidation sites excluding steroid dienone is 3. The van der Waals surface area contributed by atoms with E-state index >= 15 is 0 Å². The van der Waals surface area contributed by atoms with Gasteiger partial charge in [-0.25, -0.2) is 0 Å². The average molecular weight is 322 g/mol. The lowest BCUT2D eigenvalue weighted by Crippen LogP contribution is -2.45. The summed E-state index contributed by atoms with van der Waals surface area (Å²) in [7, 11) is 0. The van der Waals surface area contributed by atoms with Gasteiger partial charge in [-0.1, -0.05) is 38.2 Å². The van der Waals surface area contributed by atoms with Crippen LogP contribution in [0.15, 0.2) is 24.3 Å². The lowest BCUT2D eigenvalue weighted by atomic mass is 9.68. The van der Waals surface area contributed by atoms with Gasteiger partial charge in [0.05, 0.1) is 17.3 Å². The fourth-order valence-corrected chi connectivity index (χ4v) is 4.58. The van der Waals surface area contributed by atoms with Gasteiger partial charge in [-0.3, -0.25) is 0 Å². The monoisotopic (exact) mass is 322 g/mol. The lowest BCUT2D eigenvalue weighted by Gasteiger charge is -2.41. The molecule has 0 heterocycles. The Balaban J connectivity index is 2.43. The highest BCUT2D eigenvalue weighted by Gasteiger charge is 2.52. The standard InChI is InChI=1S/C20H34O3/c1-14-7-6-10-20(5,23)13-16(21)17-15(18(2,3)22)9-12-19(17,4)11-8-14/h6,8,10-11,14-17,21-23H,7,9,12-13H2,1-5H3/b10-6-,11-8?/t14-,15-,16+,17-,19+,20+/m1/s1. The fraction of sp³-hybridized carbons (Fsp3) is 0.800. The summed E-state index contributed by atoms with van der Waals surface area (Å²) in [6.45, 7) is 9.80. The fourth-order valence-electron chi connectivity index (χ4n) is 4.58. The lowest BCUT2D eigenvalue weighted by molar-refractivity contribution is -0.0700. The molecule has 23 heavy (non-hydrogen) atoms. The van der Waals surface area contributed by atoms with Crippen LogP contribution in [0.2, 0.25) is 0 Å². The maximum absolute atomic E-state index is 11.0. The third-order valence-corrected chi connectivity index (χ3v) is 5.92. The zero-order chi connectivity index (χ0) is 17.5. The molecule has 0 unspecified atom stereocenters. The summed E-state index contributed by atoms with van der Waals surface area (Å²) in [4.78, 5) is 0. The molecule has 2 rings (SSSR count). The predicted octanol–water partition coefficient (Wildman–Crippen LogP) is 3.44. The van der Waals surface area contributed by atoms with Crippen molar-refractivity contribution in [2.75, 3.05) is 0 Å². The molecular formula is C20H34O3. The molecule has 0 aromatic rings. The molecule has 2 aliphatic carbocycles. The van der Waals surface area contributed by atoms with Crippen LogP contribution >= 0.6 is 0 Å². The number of hydrogen-bond donors (Lipinski definition) is 3. The molecule has 0 aromatic carbocycles. The van der Waals surface area contributed by atoms with Crippen molar-refractivity contribution in [2.45, 2.75) is 77.6 Å². The van der Waals surface area contributed by atoms with E-state index in [4.69, 9.17) is 0 Å². The summed E-state index contributed by atoms with van der Waals surface area (Å²) in [5.41, 5.74) is -1.99. The van der Waals surface area contributed by atoms with Gasteiger partial charge in [-0.05, 0) is 63.2 Å². The molecule has 0 amide bonds. The van der Waals surface area contributed by atoms with Gasteiger partial charge in [0.25, 0.3) is 0 Å². The minimum Gasteiger partial charge on any atom is -0.393 e. The van der Waals surface area contributed by atoms with Crippen molar-refractivity contribution in [3.05, 3.63) is 24.3 Å². The molecule has 2 aliphatic rings. The molecule has 3 nitrogen and oxygen atoms in total. The Kier molecular flexibility index (Phi) is 5.16. The maximum Gasteiger partial charge on any atom is 0.0824 e. The van der Waals surface area contributed by atoms with Gasteiger partial charge < -0.3 is 15.3 Å². The number of fused-ring (bicyclic) bond motifs is 1. The first kappa shape index (κ1) is 18.7. The second kappa shape index (κ2) is 6.34. The minimum absolute atomic E-state index is 0.0305. The Bertz CT molecular complexity index is 472. The molecule has 3 heteroatoms. The molecule has 0 aromatic heterocycles. The molecular weight excluding hydrogens is 288 g/mol. The number of hydrogen-bond acceptors (Lipinski definition) is 3. The van der Waals surface area contributed by atoms with Gasteiger partial charge in [-0.2, -0.15) is 0 Å². The van der Waals surface area contributed by atoms with Crippen molar-refractivity contribution in [3.63, 3.8) is 0 Å². The summed E-state index contributed by atoms with van der Waals surface area (Å²) in [6.07, 6.45) is 10.7. The highest BCUT2D eigenvalue weighted by Crippen LogP contribution is 2.54. The van der Waals surface area contributed by atoms with E-state index in [0.29, 0.717) is 12.3 Å². The van der Waals surface area contributed by atoms with Crippen LogP contribution in [-0.2, 0) is 0 Å². The van der Waals surface area contributed by atoms with Crippen LogP contribution in [0.25, 0.3) is 0 Å². The molecule has 6 atom stereocenters. The molecule has 0 radical (unpaired) electrons. The SMILES string of the molecule is C[C@H]1C=C[C@@]2(C)CC[C@@H](C(C)(C)O)[C@@H]2[C@@H](O)C[C@@](C)(O)/C=C\C1. The highest BCUT2D eigenvalue weighted by atomic mass is 16.3. The van der Waals surface area contributed by atoms with Crippen LogP contribution in [0, 0.1) is 23.2 Å². The Morgan fingerprint density at radius 2 is 1.83 bits per heavy atom. The molecule has 1 saturated carbocycles. The summed E-state index contributed by atoms with van der Waals surface area (Å²) in [5.74, 6) is 0.378. The summed E-state index contributed by atoms with van der Waals surface area (Å²) >= 11 is 0. The van der Waals surface area contributed by atoms with E-state index in [1.807, 2.05) is 26.0 Å². The topological polar surface area (TPSA) is 60.7 Å². The van der Waals surface area contributed by atoms with Crippen molar-refractivity contribution in [1.82, 2.24) is 0 Å². The van der Waals surface area contributed by atoms with Gasteiger partial charge in [0.2, 0.25) is 0 Å². The summed E-state index contributed by atoms with van der Waals surface area (Å²) in [6, 6.07) is 0. The van der Waals surface area contributed by atoms with Gasteiger partial charge >= 0.3 is 0 Å². The first-order valence-electron chi connectivity index (χ1n) is 8.94. The third kappa shape index (κ3) is 4.26. The van der Waals surface area contributed by atoms with E-state index in [9.17, 15) is 15.3 Å². The number of aliphatic hydroxyl groups excluding tert-OH is 1. The van der Waals surface area contributed by atoms with Gasteiger partial charge in [-0.15, -0.1) is 0 Å². The molecule has 1 fully saturated rings. The van der Waals surface area contributed by atoms with Gasteiger partial charge in [0, 0.05) is 6.42 Å².